The highest BCUT2D eigenvalue weighted by molar-refractivity contribution is 5.94. The number of carbonyl (C=O) groups excluding carboxylic acids is 2. The van der Waals surface area contributed by atoms with Crippen LogP contribution in [0.25, 0.3) is 0 Å². The van der Waals surface area contributed by atoms with E-state index in [1.807, 2.05) is 17.0 Å². The minimum atomic E-state index is -0.429. The van der Waals surface area contributed by atoms with Crippen molar-refractivity contribution in [3.63, 3.8) is 0 Å². The van der Waals surface area contributed by atoms with Crippen molar-refractivity contribution in [3.05, 3.63) is 59.9 Å². The van der Waals surface area contributed by atoms with Crippen LogP contribution < -0.4 is 4.74 Å². The van der Waals surface area contributed by atoms with Gasteiger partial charge in [-0.25, -0.2) is 0 Å². The Morgan fingerprint density at radius 2 is 1.67 bits per heavy atom. The maximum Gasteiger partial charge on any atom is 0.255 e. The van der Waals surface area contributed by atoms with Gasteiger partial charge < -0.3 is 19.6 Å². The van der Waals surface area contributed by atoms with Crippen LogP contribution in [0.5, 0.6) is 5.75 Å². The highest BCUT2D eigenvalue weighted by Gasteiger charge is 2.25. The van der Waals surface area contributed by atoms with E-state index in [-0.39, 0.29) is 17.9 Å². The zero-order valence-electron chi connectivity index (χ0n) is 16.9. The minimum absolute atomic E-state index is 0.00671. The number of aromatic nitrogens is 1. The summed E-state index contributed by atoms with van der Waals surface area (Å²) in [5.41, 5.74) is 1.21. The Balaban J connectivity index is 1.28. The molecule has 1 atom stereocenters. The molecular weight excluding hydrogens is 382 g/mol. The maximum atomic E-state index is 12.6. The summed E-state index contributed by atoms with van der Waals surface area (Å²) in [5.74, 6) is 0.678. The van der Waals surface area contributed by atoms with Crippen molar-refractivity contribution in [1.29, 1.82) is 0 Å². The van der Waals surface area contributed by atoms with Gasteiger partial charge in [-0.2, -0.15) is 0 Å². The number of nitrogens with zero attached hydrogens (tertiary/aromatic N) is 3. The van der Waals surface area contributed by atoms with Crippen molar-refractivity contribution >= 4 is 11.8 Å². The number of aliphatic hydroxyl groups is 1. The number of hydrogen-bond acceptors (Lipinski definition) is 5. The molecule has 2 aromatic rings. The number of ether oxygens (including phenoxy) is 1. The largest absolute Gasteiger partial charge is 0.490 e. The summed E-state index contributed by atoms with van der Waals surface area (Å²) < 4.78 is 6.07. The number of carbonyl (C=O) groups is 2. The van der Waals surface area contributed by atoms with Gasteiger partial charge in [0.05, 0.1) is 11.7 Å². The predicted octanol–water partition coefficient (Wildman–Crippen LogP) is 2.36. The normalized spacial score (nSPS) is 20.1. The molecule has 1 N–H and O–H groups in total. The van der Waals surface area contributed by atoms with Crippen LogP contribution in [0.2, 0.25) is 0 Å². The van der Waals surface area contributed by atoms with E-state index in [9.17, 15) is 14.7 Å². The fourth-order valence-corrected chi connectivity index (χ4v) is 4.04. The monoisotopic (exact) mass is 409 g/mol. The van der Waals surface area contributed by atoms with E-state index in [2.05, 4.69) is 4.98 Å². The van der Waals surface area contributed by atoms with Crippen molar-refractivity contribution < 1.29 is 19.4 Å². The molecule has 1 aromatic carbocycles. The van der Waals surface area contributed by atoms with E-state index in [0.717, 1.165) is 31.4 Å². The molecule has 2 amide bonds. The Labute approximate surface area is 176 Å². The van der Waals surface area contributed by atoms with Gasteiger partial charge in [0.25, 0.3) is 11.8 Å². The SMILES string of the molecule is O=C(c1cccnc1)N1CCC(Oc2ccc(C(=O)N3CCC[C@H](O)C3)cc2)CC1. The molecule has 2 saturated heterocycles. The summed E-state index contributed by atoms with van der Waals surface area (Å²) in [6.07, 6.45) is 5.97. The van der Waals surface area contributed by atoms with Gasteiger partial charge in [0.15, 0.2) is 0 Å². The van der Waals surface area contributed by atoms with Gasteiger partial charge in [-0.1, -0.05) is 0 Å². The molecule has 7 nitrogen and oxygen atoms in total. The lowest BCUT2D eigenvalue weighted by atomic mass is 10.1. The Morgan fingerprint density at radius 3 is 2.33 bits per heavy atom. The van der Waals surface area contributed by atoms with Crippen LogP contribution >= 0.6 is 0 Å². The van der Waals surface area contributed by atoms with E-state index in [0.29, 0.717) is 37.3 Å². The molecule has 2 fully saturated rings. The summed E-state index contributed by atoms with van der Waals surface area (Å²) in [6.45, 7) is 2.37. The van der Waals surface area contributed by atoms with Crippen molar-refractivity contribution in [2.45, 2.75) is 37.9 Å². The van der Waals surface area contributed by atoms with Gasteiger partial charge in [-0.15, -0.1) is 0 Å². The zero-order valence-corrected chi connectivity index (χ0v) is 16.9. The molecule has 0 saturated carbocycles. The molecule has 2 aliphatic rings. The van der Waals surface area contributed by atoms with Gasteiger partial charge in [0.2, 0.25) is 0 Å². The van der Waals surface area contributed by atoms with Crippen molar-refractivity contribution in [2.24, 2.45) is 0 Å². The van der Waals surface area contributed by atoms with Crippen LogP contribution in [-0.4, -0.2) is 70.1 Å². The third-order valence-corrected chi connectivity index (χ3v) is 5.73. The molecule has 7 heteroatoms. The number of hydrogen-bond donors (Lipinski definition) is 1. The first-order valence-electron chi connectivity index (χ1n) is 10.5. The molecule has 158 valence electrons. The average Bonchev–Trinajstić information content (AvgIpc) is 2.80. The number of pyridine rings is 1. The summed E-state index contributed by atoms with van der Waals surface area (Å²) >= 11 is 0. The van der Waals surface area contributed by atoms with E-state index in [4.69, 9.17) is 4.74 Å². The van der Waals surface area contributed by atoms with E-state index in [1.165, 1.54) is 0 Å². The quantitative estimate of drug-likeness (QED) is 0.838. The third kappa shape index (κ3) is 4.79. The van der Waals surface area contributed by atoms with E-state index < -0.39 is 6.10 Å². The highest BCUT2D eigenvalue weighted by atomic mass is 16.5. The second-order valence-electron chi connectivity index (χ2n) is 7.92. The van der Waals surface area contributed by atoms with Crippen molar-refractivity contribution in [2.75, 3.05) is 26.2 Å². The molecule has 2 aliphatic heterocycles. The maximum absolute atomic E-state index is 12.6. The first-order valence-corrected chi connectivity index (χ1v) is 10.5. The molecule has 30 heavy (non-hydrogen) atoms. The number of piperidine rings is 2. The fraction of sp³-hybridized carbons (Fsp3) is 0.435. The summed E-state index contributed by atoms with van der Waals surface area (Å²) in [4.78, 5) is 32.7. The van der Waals surface area contributed by atoms with E-state index >= 15 is 0 Å². The summed E-state index contributed by atoms with van der Waals surface area (Å²) in [5, 5.41) is 9.78. The van der Waals surface area contributed by atoms with Gasteiger partial charge in [0, 0.05) is 57.0 Å². The zero-order chi connectivity index (χ0) is 20.9. The van der Waals surface area contributed by atoms with Crippen LogP contribution in [0, 0.1) is 0 Å². The number of likely N-dealkylation sites (tertiary alicyclic amines) is 2. The minimum Gasteiger partial charge on any atom is -0.490 e. The van der Waals surface area contributed by atoms with Crippen LogP contribution in [0.4, 0.5) is 0 Å². The second kappa shape index (κ2) is 9.26. The first-order chi connectivity index (χ1) is 14.6. The predicted molar refractivity (Wildman–Crippen MR) is 111 cm³/mol. The lowest BCUT2D eigenvalue weighted by molar-refractivity contribution is 0.0473. The summed E-state index contributed by atoms with van der Waals surface area (Å²) in [7, 11) is 0. The van der Waals surface area contributed by atoms with Crippen molar-refractivity contribution in [1.82, 2.24) is 14.8 Å². The van der Waals surface area contributed by atoms with Gasteiger partial charge in [0.1, 0.15) is 11.9 Å². The van der Waals surface area contributed by atoms with Crippen LogP contribution in [0.1, 0.15) is 46.4 Å². The molecule has 4 rings (SSSR count). The lowest BCUT2D eigenvalue weighted by Gasteiger charge is -2.32. The number of aliphatic hydroxyl groups excluding tert-OH is 1. The van der Waals surface area contributed by atoms with Gasteiger partial charge in [-0.05, 0) is 49.2 Å². The Hall–Kier alpha value is -2.93. The highest BCUT2D eigenvalue weighted by Crippen LogP contribution is 2.22. The number of amides is 2. The number of β-amino-alcohol motifs (C(OH)–C–C–N with tert-alkyl or cyclic N) is 1. The molecular formula is C23H27N3O4. The molecule has 0 unspecified atom stereocenters. The first kappa shape index (κ1) is 20.3. The standard InChI is InChI=1S/C23H27N3O4/c27-19-4-2-12-26(16-19)22(28)17-5-7-20(8-6-17)30-21-9-13-25(14-10-21)23(29)18-3-1-11-24-15-18/h1,3,5-8,11,15,19,21,27H,2,4,9-10,12-14,16H2/t19-/m0/s1. The molecule has 1 aromatic heterocycles. The van der Waals surface area contributed by atoms with Gasteiger partial charge >= 0.3 is 0 Å². The Bertz CT molecular complexity index is 864. The molecule has 3 heterocycles. The van der Waals surface area contributed by atoms with Crippen LogP contribution in [0.3, 0.4) is 0 Å². The van der Waals surface area contributed by atoms with Crippen LogP contribution in [-0.2, 0) is 0 Å². The van der Waals surface area contributed by atoms with Crippen LogP contribution in [0.15, 0.2) is 48.8 Å². The molecule has 0 aliphatic carbocycles. The summed E-state index contributed by atoms with van der Waals surface area (Å²) in [6, 6.07) is 10.7. The third-order valence-electron chi connectivity index (χ3n) is 5.73. The fourth-order valence-electron chi connectivity index (χ4n) is 4.04. The average molecular weight is 409 g/mol. The van der Waals surface area contributed by atoms with Crippen molar-refractivity contribution in [3.8, 4) is 5.75 Å². The van der Waals surface area contributed by atoms with E-state index in [1.54, 1.807) is 41.6 Å². The molecule has 0 bridgehead atoms. The number of benzene rings is 1. The smallest absolute Gasteiger partial charge is 0.255 e. The topological polar surface area (TPSA) is 83.0 Å². The van der Waals surface area contributed by atoms with Gasteiger partial charge in [-0.3, -0.25) is 14.6 Å². The Morgan fingerprint density at radius 1 is 0.933 bits per heavy atom. The lowest BCUT2D eigenvalue weighted by Crippen LogP contribution is -2.42. The molecule has 0 spiro atoms. The molecule has 0 radical (unpaired) electrons. The Kier molecular flexibility index (Phi) is 6.28. The second-order valence-corrected chi connectivity index (χ2v) is 7.92. The number of rotatable bonds is 4.